The molecule has 0 fully saturated rings. The monoisotopic (exact) mass is 203 g/mol. The first-order valence-electron chi connectivity index (χ1n) is 4.56. The van der Waals surface area contributed by atoms with Crippen LogP contribution in [0.4, 0.5) is 4.39 Å². The highest BCUT2D eigenvalue weighted by Crippen LogP contribution is 2.21. The molecule has 1 heterocycles. The second kappa shape index (κ2) is 3.35. The maximum Gasteiger partial charge on any atom is 0.255 e. The van der Waals surface area contributed by atoms with E-state index in [1.165, 1.54) is 12.1 Å². The van der Waals surface area contributed by atoms with E-state index in [0.717, 1.165) is 16.5 Å². The van der Waals surface area contributed by atoms with Gasteiger partial charge in [-0.25, -0.2) is 4.39 Å². The van der Waals surface area contributed by atoms with Gasteiger partial charge in [0.1, 0.15) is 5.82 Å². The van der Waals surface area contributed by atoms with Crippen LogP contribution in [0.15, 0.2) is 35.8 Å². The molecule has 15 heavy (non-hydrogen) atoms. The third kappa shape index (κ3) is 1.56. The standard InChI is InChI=1S/C12H10FNO/c1-7(2)11-6-14-12(15)10-5-8(13)3-4-9(10)11/h3-6H,1H2,2H3,(H,14,15). The average molecular weight is 203 g/mol. The number of allylic oxidation sites excluding steroid dienone is 1. The number of nitrogens with one attached hydrogen (secondary N) is 1. The van der Waals surface area contributed by atoms with Crippen LogP contribution in [0.1, 0.15) is 12.5 Å². The van der Waals surface area contributed by atoms with Crippen LogP contribution in [0, 0.1) is 5.82 Å². The number of pyridine rings is 1. The zero-order chi connectivity index (χ0) is 11.0. The molecule has 0 saturated carbocycles. The molecule has 0 aliphatic carbocycles. The molecule has 2 rings (SSSR count). The Morgan fingerprint density at radius 2 is 2.13 bits per heavy atom. The molecule has 2 aromatic rings. The van der Waals surface area contributed by atoms with Gasteiger partial charge < -0.3 is 4.98 Å². The van der Waals surface area contributed by atoms with Gasteiger partial charge in [0.05, 0.1) is 5.39 Å². The van der Waals surface area contributed by atoms with Crippen molar-refractivity contribution in [2.45, 2.75) is 6.92 Å². The number of aromatic nitrogens is 1. The summed E-state index contributed by atoms with van der Waals surface area (Å²) in [5, 5.41) is 1.09. The van der Waals surface area contributed by atoms with Gasteiger partial charge in [0, 0.05) is 11.8 Å². The van der Waals surface area contributed by atoms with Crippen LogP contribution in [0.5, 0.6) is 0 Å². The molecule has 1 aromatic heterocycles. The summed E-state index contributed by atoms with van der Waals surface area (Å²) < 4.78 is 13.0. The zero-order valence-electron chi connectivity index (χ0n) is 8.30. The predicted octanol–water partition coefficient (Wildman–Crippen LogP) is 2.70. The van der Waals surface area contributed by atoms with Crippen LogP contribution in [0.3, 0.4) is 0 Å². The summed E-state index contributed by atoms with van der Waals surface area (Å²) in [5.74, 6) is -0.410. The van der Waals surface area contributed by atoms with E-state index in [9.17, 15) is 9.18 Å². The molecule has 2 nitrogen and oxygen atoms in total. The summed E-state index contributed by atoms with van der Waals surface area (Å²) in [5.41, 5.74) is 1.39. The molecule has 0 radical (unpaired) electrons. The lowest BCUT2D eigenvalue weighted by Crippen LogP contribution is -2.06. The smallest absolute Gasteiger partial charge is 0.255 e. The van der Waals surface area contributed by atoms with Gasteiger partial charge in [0.25, 0.3) is 5.56 Å². The molecule has 0 unspecified atom stereocenters. The summed E-state index contributed by atoms with van der Waals surface area (Å²) >= 11 is 0. The van der Waals surface area contributed by atoms with Crippen LogP contribution in [0.2, 0.25) is 0 Å². The van der Waals surface area contributed by atoms with Gasteiger partial charge >= 0.3 is 0 Å². The van der Waals surface area contributed by atoms with E-state index < -0.39 is 5.82 Å². The highest BCUT2D eigenvalue weighted by atomic mass is 19.1. The van der Waals surface area contributed by atoms with Crippen molar-refractivity contribution in [3.8, 4) is 0 Å². The first-order valence-corrected chi connectivity index (χ1v) is 4.56. The van der Waals surface area contributed by atoms with Gasteiger partial charge in [-0.1, -0.05) is 12.6 Å². The Kier molecular flexibility index (Phi) is 2.15. The van der Waals surface area contributed by atoms with Crippen molar-refractivity contribution in [3.05, 3.63) is 52.7 Å². The minimum absolute atomic E-state index is 0.283. The fourth-order valence-electron chi connectivity index (χ4n) is 1.59. The van der Waals surface area contributed by atoms with Crippen LogP contribution in [0.25, 0.3) is 16.3 Å². The Hall–Kier alpha value is -1.90. The molecule has 1 N–H and O–H groups in total. The largest absolute Gasteiger partial charge is 0.328 e. The van der Waals surface area contributed by atoms with Gasteiger partial charge in [-0.05, 0) is 30.0 Å². The van der Waals surface area contributed by atoms with E-state index >= 15 is 0 Å². The Labute approximate surface area is 86.1 Å². The summed E-state index contributed by atoms with van der Waals surface area (Å²) in [6.07, 6.45) is 1.60. The zero-order valence-corrected chi connectivity index (χ0v) is 8.30. The number of fused-ring (bicyclic) bond motifs is 1. The Balaban J connectivity index is 2.95. The lowest BCUT2D eigenvalue weighted by molar-refractivity contribution is 0.629. The molecule has 0 amide bonds. The molecule has 0 aliphatic heterocycles. The molecule has 1 aromatic carbocycles. The lowest BCUT2D eigenvalue weighted by atomic mass is 10.0. The van der Waals surface area contributed by atoms with Crippen LogP contribution < -0.4 is 5.56 Å². The Bertz CT molecular complexity index is 598. The van der Waals surface area contributed by atoms with E-state index in [4.69, 9.17) is 0 Å². The molecule has 76 valence electrons. The molecule has 0 aliphatic rings. The number of hydrogen-bond donors (Lipinski definition) is 1. The minimum atomic E-state index is -0.410. The number of H-pyrrole nitrogens is 1. The van der Waals surface area contributed by atoms with Crippen molar-refractivity contribution in [2.24, 2.45) is 0 Å². The van der Waals surface area contributed by atoms with Gasteiger partial charge in [0.15, 0.2) is 0 Å². The number of hydrogen-bond acceptors (Lipinski definition) is 1. The van der Waals surface area contributed by atoms with Crippen molar-refractivity contribution in [2.75, 3.05) is 0 Å². The number of aromatic amines is 1. The summed E-state index contributed by atoms with van der Waals surface area (Å²) in [6, 6.07) is 4.18. The summed E-state index contributed by atoms with van der Waals surface area (Å²) in [7, 11) is 0. The van der Waals surface area contributed by atoms with Crippen LogP contribution >= 0.6 is 0 Å². The van der Waals surface area contributed by atoms with Crippen molar-refractivity contribution < 1.29 is 4.39 Å². The molecular formula is C12H10FNO. The highest BCUT2D eigenvalue weighted by molar-refractivity contribution is 5.92. The first-order chi connectivity index (χ1) is 7.09. The molecule has 0 spiro atoms. The summed E-state index contributed by atoms with van der Waals surface area (Å²) in [6.45, 7) is 5.66. The third-order valence-electron chi connectivity index (χ3n) is 2.32. The third-order valence-corrected chi connectivity index (χ3v) is 2.32. The SMILES string of the molecule is C=C(C)c1c[nH]c(=O)c2cc(F)ccc12. The molecule has 0 saturated heterocycles. The second-order valence-corrected chi connectivity index (χ2v) is 3.50. The molecule has 0 atom stereocenters. The van der Waals surface area contributed by atoms with E-state index in [1.54, 1.807) is 12.3 Å². The van der Waals surface area contributed by atoms with Gasteiger partial charge in [0.2, 0.25) is 0 Å². The van der Waals surface area contributed by atoms with E-state index in [2.05, 4.69) is 11.6 Å². The quantitative estimate of drug-likeness (QED) is 0.759. The summed E-state index contributed by atoms with van der Waals surface area (Å²) in [4.78, 5) is 14.0. The fraction of sp³-hybridized carbons (Fsp3) is 0.0833. The topological polar surface area (TPSA) is 32.9 Å². The van der Waals surface area contributed by atoms with E-state index in [-0.39, 0.29) is 5.56 Å². The van der Waals surface area contributed by atoms with Crippen molar-refractivity contribution >= 4 is 16.3 Å². The van der Waals surface area contributed by atoms with Crippen LogP contribution in [-0.4, -0.2) is 4.98 Å². The fourth-order valence-corrected chi connectivity index (χ4v) is 1.59. The number of rotatable bonds is 1. The van der Waals surface area contributed by atoms with Crippen molar-refractivity contribution in [3.63, 3.8) is 0 Å². The van der Waals surface area contributed by atoms with Crippen molar-refractivity contribution in [1.29, 1.82) is 0 Å². The normalized spacial score (nSPS) is 10.5. The Morgan fingerprint density at radius 3 is 2.80 bits per heavy atom. The lowest BCUT2D eigenvalue weighted by Gasteiger charge is -2.04. The predicted molar refractivity (Wildman–Crippen MR) is 59.2 cm³/mol. The Morgan fingerprint density at radius 1 is 1.40 bits per heavy atom. The maximum atomic E-state index is 13.0. The van der Waals surface area contributed by atoms with Gasteiger partial charge in [-0.15, -0.1) is 0 Å². The maximum absolute atomic E-state index is 13.0. The number of benzene rings is 1. The first kappa shape index (κ1) is 9.65. The number of halogens is 1. The highest BCUT2D eigenvalue weighted by Gasteiger charge is 2.05. The van der Waals surface area contributed by atoms with E-state index in [0.29, 0.717) is 5.39 Å². The van der Waals surface area contributed by atoms with Gasteiger partial charge in [-0.3, -0.25) is 4.79 Å². The molecular weight excluding hydrogens is 193 g/mol. The van der Waals surface area contributed by atoms with Crippen LogP contribution in [-0.2, 0) is 0 Å². The minimum Gasteiger partial charge on any atom is -0.328 e. The van der Waals surface area contributed by atoms with E-state index in [1.807, 2.05) is 6.92 Å². The molecule has 3 heteroatoms. The second-order valence-electron chi connectivity index (χ2n) is 3.50. The average Bonchev–Trinajstić information content (AvgIpc) is 2.19. The molecule has 0 bridgehead atoms. The van der Waals surface area contributed by atoms with Crippen molar-refractivity contribution in [1.82, 2.24) is 4.98 Å². The van der Waals surface area contributed by atoms with Gasteiger partial charge in [-0.2, -0.15) is 0 Å².